The van der Waals surface area contributed by atoms with Crippen molar-refractivity contribution in [2.24, 2.45) is 0 Å². The third-order valence-electron chi connectivity index (χ3n) is 2.74. The summed E-state index contributed by atoms with van der Waals surface area (Å²) in [7, 11) is 9.03. The van der Waals surface area contributed by atoms with Gasteiger partial charge in [0.25, 0.3) is 0 Å². The molecule has 0 aromatic heterocycles. The van der Waals surface area contributed by atoms with Crippen LogP contribution in [0.2, 0.25) is 0 Å². The van der Waals surface area contributed by atoms with Crippen molar-refractivity contribution in [2.75, 3.05) is 27.4 Å². The molecule has 2 bridgehead atoms. The Morgan fingerprint density at radius 3 is 3.00 bits per heavy atom. The molecule has 2 radical (unpaired) electrons. The van der Waals surface area contributed by atoms with E-state index in [0.717, 1.165) is 0 Å². The van der Waals surface area contributed by atoms with Crippen molar-refractivity contribution in [2.45, 2.75) is 23.8 Å². The molecule has 78 valence electrons. The number of ether oxygens (including phenoxy) is 3. The fourth-order valence-electron chi connectivity index (χ4n) is 2.17. The van der Waals surface area contributed by atoms with Crippen LogP contribution in [-0.2, 0) is 19.0 Å². The van der Waals surface area contributed by atoms with Crippen LogP contribution < -0.4 is 5.48 Å². The van der Waals surface area contributed by atoms with Crippen molar-refractivity contribution in [3.63, 3.8) is 0 Å². The SMILES string of the molecule is [B]C1OC2(COC)CNOC1C2OC. The molecule has 4 atom stereocenters. The summed E-state index contributed by atoms with van der Waals surface area (Å²) < 4.78 is 16.1. The Bertz CT molecular complexity index is 214. The van der Waals surface area contributed by atoms with E-state index in [9.17, 15) is 0 Å². The average Bonchev–Trinajstić information content (AvgIpc) is 2.30. The number of hydroxylamine groups is 1. The Kier molecular flexibility index (Phi) is 2.81. The standard InChI is InChI=1S/C8H14BNO4/c1-11-4-8-3-10-14-5(6(8)12-2)7(9)13-8/h5-7,10H,3-4H2,1-2H3. The Labute approximate surface area is 84.4 Å². The average molecular weight is 199 g/mol. The predicted octanol–water partition coefficient (Wildman–Crippen LogP) is -1.19. The van der Waals surface area contributed by atoms with E-state index in [1.807, 2.05) is 0 Å². The summed E-state index contributed by atoms with van der Waals surface area (Å²) in [4.78, 5) is 5.28. The van der Waals surface area contributed by atoms with Crippen LogP contribution in [0.1, 0.15) is 0 Å². The van der Waals surface area contributed by atoms with Crippen molar-refractivity contribution in [3.8, 4) is 0 Å². The van der Waals surface area contributed by atoms with Gasteiger partial charge in [-0.15, -0.1) is 0 Å². The van der Waals surface area contributed by atoms with E-state index in [-0.39, 0.29) is 12.2 Å². The third-order valence-corrected chi connectivity index (χ3v) is 2.74. The summed E-state index contributed by atoms with van der Waals surface area (Å²) in [5, 5.41) is 0. The van der Waals surface area contributed by atoms with Gasteiger partial charge in [0.15, 0.2) is 0 Å². The van der Waals surface area contributed by atoms with Gasteiger partial charge in [0.1, 0.15) is 25.7 Å². The second kappa shape index (κ2) is 3.79. The van der Waals surface area contributed by atoms with E-state index in [0.29, 0.717) is 13.2 Å². The second-order valence-corrected chi connectivity index (χ2v) is 3.64. The second-order valence-electron chi connectivity index (χ2n) is 3.64. The number of rotatable bonds is 3. The zero-order chi connectivity index (χ0) is 10.2. The maximum absolute atomic E-state index is 5.78. The van der Waals surface area contributed by atoms with Gasteiger partial charge in [-0.25, -0.2) is 0 Å². The lowest BCUT2D eigenvalue weighted by molar-refractivity contribution is -0.173. The quantitative estimate of drug-likeness (QED) is 0.579. The van der Waals surface area contributed by atoms with Crippen molar-refractivity contribution < 1.29 is 19.0 Å². The molecule has 2 rings (SSSR count). The molecule has 5 nitrogen and oxygen atoms in total. The summed E-state index contributed by atoms with van der Waals surface area (Å²) in [6.45, 7) is 0.954. The predicted molar refractivity (Wildman–Crippen MR) is 48.9 cm³/mol. The van der Waals surface area contributed by atoms with E-state index in [2.05, 4.69) is 5.48 Å². The summed E-state index contributed by atoms with van der Waals surface area (Å²) in [5.74, 6) is 0. The summed E-state index contributed by atoms with van der Waals surface area (Å²) in [6.07, 6.45) is -0.456. The molecule has 14 heavy (non-hydrogen) atoms. The van der Waals surface area contributed by atoms with E-state index in [4.69, 9.17) is 26.9 Å². The molecule has 2 fully saturated rings. The molecule has 0 aliphatic carbocycles. The Balaban J connectivity index is 2.20. The van der Waals surface area contributed by atoms with Crippen LogP contribution in [0.3, 0.4) is 0 Å². The zero-order valence-electron chi connectivity index (χ0n) is 8.36. The minimum absolute atomic E-state index is 0.182. The molecular formula is C8H14BNO4. The molecular weight excluding hydrogens is 185 g/mol. The lowest BCUT2D eigenvalue weighted by atomic mass is 9.88. The molecule has 0 amide bonds. The first kappa shape index (κ1) is 10.4. The first-order valence-corrected chi connectivity index (χ1v) is 4.57. The molecule has 4 unspecified atom stereocenters. The van der Waals surface area contributed by atoms with Crippen LogP contribution in [0.25, 0.3) is 0 Å². The normalized spacial score (nSPS) is 46.9. The largest absolute Gasteiger partial charge is 0.382 e. The van der Waals surface area contributed by atoms with Crippen molar-refractivity contribution in [1.82, 2.24) is 5.48 Å². The molecule has 2 aliphatic rings. The smallest absolute Gasteiger partial charge is 0.134 e. The highest BCUT2D eigenvalue weighted by Gasteiger charge is 2.57. The molecule has 2 saturated heterocycles. The zero-order valence-corrected chi connectivity index (χ0v) is 8.36. The van der Waals surface area contributed by atoms with Crippen LogP contribution in [0, 0.1) is 0 Å². The highest BCUT2D eigenvalue weighted by Crippen LogP contribution is 2.36. The minimum Gasteiger partial charge on any atom is -0.382 e. The van der Waals surface area contributed by atoms with Gasteiger partial charge in [-0.2, -0.15) is 5.48 Å². The Morgan fingerprint density at radius 1 is 1.57 bits per heavy atom. The molecule has 0 aromatic carbocycles. The summed E-state index contributed by atoms with van der Waals surface area (Å²) in [5.41, 5.74) is 2.28. The highest BCUT2D eigenvalue weighted by atomic mass is 16.7. The fraction of sp³-hybridized carbons (Fsp3) is 1.00. The molecule has 2 heterocycles. The van der Waals surface area contributed by atoms with Gasteiger partial charge in [0.2, 0.25) is 0 Å². The van der Waals surface area contributed by atoms with Crippen LogP contribution in [0.4, 0.5) is 0 Å². The number of hydrogen-bond donors (Lipinski definition) is 1. The van der Waals surface area contributed by atoms with Crippen LogP contribution in [0.15, 0.2) is 0 Å². The van der Waals surface area contributed by atoms with Crippen molar-refractivity contribution in [3.05, 3.63) is 0 Å². The Hall–Kier alpha value is -0.135. The van der Waals surface area contributed by atoms with Gasteiger partial charge in [-0.05, 0) is 0 Å². The fourth-order valence-corrected chi connectivity index (χ4v) is 2.17. The van der Waals surface area contributed by atoms with Gasteiger partial charge < -0.3 is 14.2 Å². The van der Waals surface area contributed by atoms with Gasteiger partial charge in [0, 0.05) is 20.2 Å². The lowest BCUT2D eigenvalue weighted by Gasteiger charge is -2.37. The molecule has 1 N–H and O–H groups in total. The molecule has 0 saturated carbocycles. The van der Waals surface area contributed by atoms with Crippen LogP contribution in [0.5, 0.6) is 0 Å². The third kappa shape index (κ3) is 1.38. The molecule has 0 aromatic rings. The number of fused-ring (bicyclic) bond motifs is 2. The van der Waals surface area contributed by atoms with Crippen LogP contribution in [-0.4, -0.2) is 59.0 Å². The maximum atomic E-state index is 5.78. The number of hydrogen-bond acceptors (Lipinski definition) is 5. The monoisotopic (exact) mass is 199 g/mol. The van der Waals surface area contributed by atoms with Gasteiger partial charge in [0.05, 0.1) is 13.2 Å². The Morgan fingerprint density at radius 2 is 2.36 bits per heavy atom. The molecule has 2 aliphatic heterocycles. The van der Waals surface area contributed by atoms with Gasteiger partial charge in [-0.1, -0.05) is 0 Å². The van der Waals surface area contributed by atoms with Crippen molar-refractivity contribution in [1.29, 1.82) is 0 Å². The van der Waals surface area contributed by atoms with Crippen molar-refractivity contribution >= 4 is 7.85 Å². The minimum atomic E-state index is -0.522. The van der Waals surface area contributed by atoms with E-state index >= 15 is 0 Å². The molecule has 0 spiro atoms. The summed E-state index contributed by atoms with van der Waals surface area (Å²) >= 11 is 0. The number of nitrogens with one attached hydrogen (secondary N) is 1. The van der Waals surface area contributed by atoms with Crippen LogP contribution >= 0.6 is 0 Å². The van der Waals surface area contributed by atoms with E-state index < -0.39 is 11.6 Å². The van der Waals surface area contributed by atoms with Gasteiger partial charge >= 0.3 is 0 Å². The topological polar surface area (TPSA) is 49.0 Å². The lowest BCUT2D eigenvalue weighted by Crippen LogP contribution is -2.59. The molecule has 6 heteroatoms. The van der Waals surface area contributed by atoms with Gasteiger partial charge in [-0.3, -0.25) is 4.84 Å². The highest BCUT2D eigenvalue weighted by molar-refractivity contribution is 6.11. The van der Waals surface area contributed by atoms with E-state index in [1.54, 1.807) is 14.2 Å². The number of methoxy groups -OCH3 is 2. The maximum Gasteiger partial charge on any atom is 0.134 e. The summed E-state index contributed by atoms with van der Waals surface area (Å²) in [6, 6.07) is -0.468. The van der Waals surface area contributed by atoms with E-state index in [1.165, 1.54) is 0 Å². The first-order valence-electron chi connectivity index (χ1n) is 4.57. The first-order chi connectivity index (χ1) is 6.73.